The van der Waals surface area contributed by atoms with Crippen LogP contribution >= 0.6 is 11.6 Å². The van der Waals surface area contributed by atoms with Crippen LogP contribution in [0.5, 0.6) is 11.5 Å². The van der Waals surface area contributed by atoms with Gasteiger partial charge in [0.1, 0.15) is 0 Å². The number of fused-ring (bicyclic) bond motifs is 1. The third-order valence-electron chi connectivity index (χ3n) is 5.65. The molecule has 1 amide bonds. The SMILES string of the molecule is O=C(c1ccc(Cn2cc(Cl)cn2)cc1)N1CCN(Cc2ccc3c(c2)OCO3)CC1. The van der Waals surface area contributed by atoms with Crippen molar-refractivity contribution in [3.05, 3.63) is 76.6 Å². The normalized spacial score (nSPS) is 16.0. The van der Waals surface area contributed by atoms with E-state index in [1.165, 1.54) is 5.56 Å². The van der Waals surface area contributed by atoms with Gasteiger partial charge in [-0.15, -0.1) is 0 Å². The summed E-state index contributed by atoms with van der Waals surface area (Å²) < 4.78 is 12.6. The maximum Gasteiger partial charge on any atom is 0.253 e. The highest BCUT2D eigenvalue weighted by molar-refractivity contribution is 6.30. The van der Waals surface area contributed by atoms with Gasteiger partial charge in [0.25, 0.3) is 5.91 Å². The van der Waals surface area contributed by atoms with Crippen molar-refractivity contribution >= 4 is 17.5 Å². The molecule has 2 aromatic carbocycles. The number of ether oxygens (including phenoxy) is 2. The second-order valence-electron chi connectivity index (χ2n) is 7.81. The molecule has 2 aliphatic rings. The molecule has 0 spiro atoms. The first-order valence-corrected chi connectivity index (χ1v) is 10.7. The monoisotopic (exact) mass is 438 g/mol. The molecule has 0 saturated carbocycles. The van der Waals surface area contributed by atoms with Gasteiger partial charge < -0.3 is 14.4 Å². The highest BCUT2D eigenvalue weighted by Gasteiger charge is 2.23. The second kappa shape index (κ2) is 8.61. The molecule has 0 N–H and O–H groups in total. The zero-order valence-corrected chi connectivity index (χ0v) is 17.8. The number of nitrogens with zero attached hydrogens (tertiary/aromatic N) is 4. The van der Waals surface area contributed by atoms with Crippen molar-refractivity contribution in [2.75, 3.05) is 33.0 Å². The van der Waals surface area contributed by atoms with Crippen LogP contribution in [0.15, 0.2) is 54.9 Å². The average Bonchev–Trinajstić information content (AvgIpc) is 3.42. The number of benzene rings is 2. The standard InChI is InChI=1S/C23H23ClN4O3/c24-20-12-25-28(15-20)14-17-1-4-19(5-2-17)23(29)27-9-7-26(8-10-27)13-18-3-6-21-22(11-18)31-16-30-21/h1-6,11-12,15H,7-10,13-14,16H2. The summed E-state index contributed by atoms with van der Waals surface area (Å²) in [6.45, 7) is 4.88. The van der Waals surface area contributed by atoms with Gasteiger partial charge in [-0.05, 0) is 35.4 Å². The molecule has 0 aliphatic carbocycles. The average molecular weight is 439 g/mol. The van der Waals surface area contributed by atoms with Gasteiger partial charge >= 0.3 is 0 Å². The number of piperazine rings is 1. The Bertz CT molecular complexity index is 1070. The van der Waals surface area contributed by atoms with Crippen molar-refractivity contribution in [3.63, 3.8) is 0 Å². The molecule has 2 aliphatic heterocycles. The molecule has 1 saturated heterocycles. The predicted octanol–water partition coefficient (Wildman–Crippen LogP) is 3.27. The lowest BCUT2D eigenvalue weighted by Gasteiger charge is -2.34. The van der Waals surface area contributed by atoms with Crippen molar-refractivity contribution in [2.24, 2.45) is 0 Å². The Morgan fingerprint density at radius 3 is 2.42 bits per heavy atom. The molecule has 3 aromatic rings. The Morgan fingerprint density at radius 1 is 0.935 bits per heavy atom. The summed E-state index contributed by atoms with van der Waals surface area (Å²) in [7, 11) is 0. The number of hydrogen-bond donors (Lipinski definition) is 0. The number of carbonyl (C=O) groups excluding carboxylic acids is 1. The van der Waals surface area contributed by atoms with Crippen LogP contribution in [0.25, 0.3) is 0 Å². The van der Waals surface area contributed by atoms with E-state index in [-0.39, 0.29) is 12.7 Å². The first kappa shape index (κ1) is 19.9. The minimum Gasteiger partial charge on any atom is -0.454 e. The number of aromatic nitrogens is 2. The van der Waals surface area contributed by atoms with Gasteiger partial charge in [0.15, 0.2) is 11.5 Å². The highest BCUT2D eigenvalue weighted by atomic mass is 35.5. The van der Waals surface area contributed by atoms with E-state index in [1.807, 2.05) is 41.3 Å². The molecule has 0 bridgehead atoms. The molecule has 7 nitrogen and oxygen atoms in total. The Balaban J connectivity index is 1.14. The minimum atomic E-state index is 0.0800. The fourth-order valence-corrected chi connectivity index (χ4v) is 4.11. The zero-order chi connectivity index (χ0) is 21.2. The number of halogens is 1. The van der Waals surface area contributed by atoms with E-state index < -0.39 is 0 Å². The van der Waals surface area contributed by atoms with Crippen molar-refractivity contribution in [2.45, 2.75) is 13.1 Å². The Morgan fingerprint density at radius 2 is 1.68 bits per heavy atom. The minimum absolute atomic E-state index is 0.0800. The molecule has 160 valence electrons. The van der Waals surface area contributed by atoms with E-state index in [0.29, 0.717) is 17.1 Å². The number of hydrogen-bond acceptors (Lipinski definition) is 5. The second-order valence-corrected chi connectivity index (χ2v) is 8.25. The number of amides is 1. The summed E-state index contributed by atoms with van der Waals surface area (Å²) in [5, 5.41) is 4.80. The van der Waals surface area contributed by atoms with Crippen LogP contribution in [0.4, 0.5) is 0 Å². The van der Waals surface area contributed by atoms with E-state index in [9.17, 15) is 4.79 Å². The van der Waals surface area contributed by atoms with E-state index in [2.05, 4.69) is 16.1 Å². The highest BCUT2D eigenvalue weighted by Crippen LogP contribution is 2.32. The molecule has 1 fully saturated rings. The van der Waals surface area contributed by atoms with Crippen molar-refractivity contribution in [1.29, 1.82) is 0 Å². The molecule has 8 heteroatoms. The Labute approximate surface area is 185 Å². The van der Waals surface area contributed by atoms with Gasteiger partial charge in [0, 0.05) is 44.5 Å². The fraction of sp³-hybridized carbons (Fsp3) is 0.304. The quantitative estimate of drug-likeness (QED) is 0.612. The molecule has 0 atom stereocenters. The van der Waals surface area contributed by atoms with E-state index >= 15 is 0 Å². The fourth-order valence-electron chi connectivity index (χ4n) is 3.95. The van der Waals surface area contributed by atoms with Gasteiger partial charge in [-0.2, -0.15) is 5.10 Å². The van der Waals surface area contributed by atoms with Crippen molar-refractivity contribution in [1.82, 2.24) is 19.6 Å². The zero-order valence-electron chi connectivity index (χ0n) is 17.0. The number of carbonyl (C=O) groups is 1. The van der Waals surface area contributed by atoms with Gasteiger partial charge in [-0.25, -0.2) is 0 Å². The lowest BCUT2D eigenvalue weighted by Crippen LogP contribution is -2.48. The maximum atomic E-state index is 12.9. The van der Waals surface area contributed by atoms with E-state index in [0.717, 1.165) is 49.8 Å². The number of rotatable bonds is 5. The molecule has 5 rings (SSSR count). The molecule has 31 heavy (non-hydrogen) atoms. The van der Waals surface area contributed by atoms with Crippen LogP contribution in [0.2, 0.25) is 5.02 Å². The van der Waals surface area contributed by atoms with Crippen LogP contribution in [-0.2, 0) is 13.1 Å². The lowest BCUT2D eigenvalue weighted by molar-refractivity contribution is 0.0628. The van der Waals surface area contributed by atoms with E-state index in [4.69, 9.17) is 21.1 Å². The predicted molar refractivity (Wildman–Crippen MR) is 117 cm³/mol. The van der Waals surface area contributed by atoms with Crippen molar-refractivity contribution in [3.8, 4) is 11.5 Å². The van der Waals surface area contributed by atoms with Crippen LogP contribution in [0.3, 0.4) is 0 Å². The smallest absolute Gasteiger partial charge is 0.253 e. The van der Waals surface area contributed by atoms with E-state index in [1.54, 1.807) is 17.1 Å². The van der Waals surface area contributed by atoms with Gasteiger partial charge in [0.2, 0.25) is 6.79 Å². The topological polar surface area (TPSA) is 59.8 Å². The Hall–Kier alpha value is -3.03. The summed E-state index contributed by atoms with van der Waals surface area (Å²) in [4.78, 5) is 17.2. The summed E-state index contributed by atoms with van der Waals surface area (Å²) in [5.41, 5.74) is 2.98. The third-order valence-corrected chi connectivity index (χ3v) is 5.85. The van der Waals surface area contributed by atoms with Gasteiger partial charge in [-0.3, -0.25) is 14.4 Å². The molecule has 3 heterocycles. The van der Waals surface area contributed by atoms with Crippen molar-refractivity contribution < 1.29 is 14.3 Å². The van der Waals surface area contributed by atoms with Gasteiger partial charge in [-0.1, -0.05) is 29.8 Å². The first-order chi connectivity index (χ1) is 15.1. The molecular formula is C23H23ClN4O3. The lowest BCUT2D eigenvalue weighted by atomic mass is 10.1. The van der Waals surface area contributed by atoms with Crippen LogP contribution in [0, 0.1) is 0 Å². The molecule has 1 aromatic heterocycles. The first-order valence-electron chi connectivity index (χ1n) is 10.3. The van der Waals surface area contributed by atoms with Crippen LogP contribution < -0.4 is 9.47 Å². The summed E-state index contributed by atoms with van der Waals surface area (Å²) in [6.07, 6.45) is 3.40. The maximum absolute atomic E-state index is 12.9. The van der Waals surface area contributed by atoms with Gasteiger partial charge in [0.05, 0.1) is 17.8 Å². The molecule has 0 radical (unpaired) electrons. The molecular weight excluding hydrogens is 416 g/mol. The summed E-state index contributed by atoms with van der Waals surface area (Å²) in [6, 6.07) is 13.8. The largest absolute Gasteiger partial charge is 0.454 e. The third kappa shape index (κ3) is 4.52. The van der Waals surface area contributed by atoms with Crippen LogP contribution in [0.1, 0.15) is 21.5 Å². The van der Waals surface area contributed by atoms with Crippen LogP contribution in [-0.4, -0.2) is 58.5 Å². The summed E-state index contributed by atoms with van der Waals surface area (Å²) in [5.74, 6) is 1.69. The summed E-state index contributed by atoms with van der Waals surface area (Å²) >= 11 is 5.91. The molecule has 0 unspecified atom stereocenters. The Kier molecular flexibility index (Phi) is 5.53.